The molecule has 1 aromatic rings. The van der Waals surface area contributed by atoms with E-state index in [1.165, 1.54) is 4.57 Å². The molecule has 1 saturated heterocycles. The van der Waals surface area contributed by atoms with Gasteiger partial charge in [0.2, 0.25) is 0 Å². The first-order valence-corrected chi connectivity index (χ1v) is 10.1. The van der Waals surface area contributed by atoms with Crippen molar-refractivity contribution < 1.29 is 9.84 Å². The van der Waals surface area contributed by atoms with Crippen LogP contribution in [0.25, 0.3) is 0 Å². The molecule has 2 rings (SSSR count). The van der Waals surface area contributed by atoms with Crippen molar-refractivity contribution in [1.82, 2.24) is 9.55 Å². The largest absolute Gasteiger partial charge is 0.390 e. The van der Waals surface area contributed by atoms with Crippen LogP contribution in [0.1, 0.15) is 19.6 Å². The lowest BCUT2D eigenvalue weighted by Gasteiger charge is -2.19. The van der Waals surface area contributed by atoms with Crippen LogP contribution in [0.15, 0.2) is 17.1 Å². The molecule has 1 aliphatic rings. The third kappa shape index (κ3) is 3.76. The summed E-state index contributed by atoms with van der Waals surface area (Å²) in [5.74, 6) is 0.00647. The number of rotatable bonds is 4. The van der Waals surface area contributed by atoms with Crippen molar-refractivity contribution in [3.63, 3.8) is 0 Å². The van der Waals surface area contributed by atoms with E-state index in [1.807, 2.05) is 6.92 Å². The number of aliphatic hydroxyl groups is 1. The van der Waals surface area contributed by atoms with Crippen molar-refractivity contribution in [2.75, 3.05) is 25.2 Å². The molecule has 2 heterocycles. The molecule has 118 valence electrons. The van der Waals surface area contributed by atoms with E-state index in [4.69, 9.17) is 10.5 Å². The van der Waals surface area contributed by atoms with E-state index in [0.717, 1.165) is 12.6 Å². The van der Waals surface area contributed by atoms with Crippen molar-refractivity contribution in [3.8, 4) is 0 Å². The molecule has 1 aliphatic heterocycles. The first-order valence-electron chi connectivity index (χ1n) is 7.04. The zero-order valence-electron chi connectivity index (χ0n) is 12.8. The van der Waals surface area contributed by atoms with Gasteiger partial charge in [-0.05, 0) is 32.0 Å². The zero-order chi connectivity index (χ0) is 15.8. The number of nitrogens with zero attached hydrogens (tertiary/aromatic N) is 2. The van der Waals surface area contributed by atoms with E-state index >= 15 is 0 Å². The van der Waals surface area contributed by atoms with Crippen LogP contribution in [0.5, 0.6) is 0 Å². The molecule has 1 fully saturated rings. The predicted molar refractivity (Wildman–Crippen MR) is 87.4 cm³/mol. The second-order valence-corrected chi connectivity index (χ2v) is 10.7. The lowest BCUT2D eigenvalue weighted by atomic mass is 10.0. The fourth-order valence-electron chi connectivity index (χ4n) is 2.54. The van der Waals surface area contributed by atoms with Gasteiger partial charge in [0, 0.05) is 12.1 Å². The molecule has 0 aliphatic carbocycles. The second kappa shape index (κ2) is 5.95. The molecule has 1 aromatic heterocycles. The lowest BCUT2D eigenvalue weighted by Crippen LogP contribution is -2.30. The highest BCUT2D eigenvalue weighted by molar-refractivity contribution is 7.72. The SMILES string of the molecule is C=P(C)(C)CC[C@H]1O[C@@H](n2ccc(N)nc2=O)[C@H](C)[C@@H]1O. The quantitative estimate of drug-likeness (QED) is 0.803. The van der Waals surface area contributed by atoms with Gasteiger partial charge in [0.1, 0.15) is 12.0 Å². The Hall–Kier alpha value is -1.10. The van der Waals surface area contributed by atoms with Gasteiger partial charge in [0.05, 0.1) is 12.2 Å². The molecule has 0 amide bonds. The van der Waals surface area contributed by atoms with Gasteiger partial charge in [0.25, 0.3) is 0 Å². The first-order chi connectivity index (χ1) is 9.69. The number of anilines is 1. The summed E-state index contributed by atoms with van der Waals surface area (Å²) in [5, 5.41) is 10.3. The summed E-state index contributed by atoms with van der Waals surface area (Å²) in [5.41, 5.74) is 5.04. The zero-order valence-corrected chi connectivity index (χ0v) is 13.7. The van der Waals surface area contributed by atoms with Crippen molar-refractivity contribution in [2.45, 2.75) is 31.8 Å². The maximum absolute atomic E-state index is 11.9. The molecule has 0 saturated carbocycles. The molecular weight excluding hydrogens is 289 g/mol. The fourth-order valence-corrected chi connectivity index (χ4v) is 3.50. The Labute approximate surface area is 124 Å². The maximum Gasteiger partial charge on any atom is 0.351 e. The molecule has 7 heteroatoms. The molecule has 0 spiro atoms. The average Bonchev–Trinajstić information content (AvgIpc) is 2.64. The first kappa shape index (κ1) is 16.3. The number of nitrogens with two attached hydrogens (primary N) is 1. The van der Waals surface area contributed by atoms with E-state index in [2.05, 4.69) is 24.6 Å². The van der Waals surface area contributed by atoms with Crippen LogP contribution in [-0.4, -0.2) is 52.7 Å². The van der Waals surface area contributed by atoms with Gasteiger partial charge in [-0.1, -0.05) is 6.92 Å². The number of aliphatic hydroxyl groups excluding tert-OH is 1. The summed E-state index contributed by atoms with van der Waals surface area (Å²) in [7, 11) is 0. The van der Waals surface area contributed by atoms with Crippen LogP contribution in [0.4, 0.5) is 5.82 Å². The number of hydrogen-bond acceptors (Lipinski definition) is 5. The highest BCUT2D eigenvalue weighted by Crippen LogP contribution is 2.40. The van der Waals surface area contributed by atoms with E-state index in [0.29, 0.717) is 0 Å². The fraction of sp³-hybridized carbons (Fsp3) is 0.643. The van der Waals surface area contributed by atoms with Gasteiger partial charge in [-0.3, -0.25) is 4.57 Å². The minimum atomic E-state index is -1.16. The van der Waals surface area contributed by atoms with Crippen LogP contribution < -0.4 is 11.4 Å². The Morgan fingerprint density at radius 1 is 1.57 bits per heavy atom. The Bertz CT molecular complexity index is 610. The number of hydrogen-bond donors (Lipinski definition) is 2. The Morgan fingerprint density at radius 2 is 2.24 bits per heavy atom. The van der Waals surface area contributed by atoms with Crippen molar-refractivity contribution in [2.24, 2.45) is 5.92 Å². The molecule has 0 bridgehead atoms. The van der Waals surface area contributed by atoms with Crippen LogP contribution in [-0.2, 0) is 4.74 Å². The molecule has 4 atom stereocenters. The summed E-state index contributed by atoms with van der Waals surface area (Å²) in [6.07, 6.45) is 6.08. The van der Waals surface area contributed by atoms with Gasteiger partial charge in [0.15, 0.2) is 0 Å². The summed E-state index contributed by atoms with van der Waals surface area (Å²) in [6, 6.07) is 1.56. The minimum Gasteiger partial charge on any atom is -0.390 e. The molecular formula is C14H24N3O3P. The highest BCUT2D eigenvalue weighted by atomic mass is 31.2. The van der Waals surface area contributed by atoms with Gasteiger partial charge in [-0.2, -0.15) is 4.98 Å². The topological polar surface area (TPSA) is 90.4 Å². The molecule has 0 aromatic carbocycles. The van der Waals surface area contributed by atoms with Gasteiger partial charge >= 0.3 is 5.69 Å². The van der Waals surface area contributed by atoms with Crippen molar-refractivity contribution in [3.05, 3.63) is 22.7 Å². The van der Waals surface area contributed by atoms with E-state index in [9.17, 15) is 9.90 Å². The smallest absolute Gasteiger partial charge is 0.351 e. The molecule has 0 radical (unpaired) electrons. The van der Waals surface area contributed by atoms with Gasteiger partial charge in [-0.15, -0.1) is 13.2 Å². The predicted octanol–water partition coefficient (Wildman–Crippen LogP) is 0.819. The second-order valence-electron chi connectivity index (χ2n) is 6.41. The van der Waals surface area contributed by atoms with Crippen molar-refractivity contribution >= 4 is 19.0 Å². The summed E-state index contributed by atoms with van der Waals surface area (Å²) >= 11 is 0. The summed E-state index contributed by atoms with van der Waals surface area (Å²) < 4.78 is 7.31. The van der Waals surface area contributed by atoms with E-state index < -0.39 is 24.9 Å². The van der Waals surface area contributed by atoms with E-state index in [1.54, 1.807) is 12.3 Å². The average molecular weight is 313 g/mol. The van der Waals surface area contributed by atoms with Crippen LogP contribution >= 0.6 is 6.89 Å². The lowest BCUT2D eigenvalue weighted by molar-refractivity contribution is -0.0244. The Kier molecular flexibility index (Phi) is 4.61. The molecule has 0 unspecified atom stereocenters. The monoisotopic (exact) mass is 313 g/mol. The Balaban J connectivity index is 2.16. The summed E-state index contributed by atoms with van der Waals surface area (Å²) in [6.45, 7) is 5.03. The van der Waals surface area contributed by atoms with Crippen LogP contribution in [0.3, 0.4) is 0 Å². The minimum absolute atomic E-state index is 0.176. The molecule has 3 N–H and O–H groups in total. The normalized spacial score (nSPS) is 29.7. The number of aromatic nitrogens is 2. The van der Waals surface area contributed by atoms with E-state index in [-0.39, 0.29) is 17.8 Å². The third-order valence-corrected chi connectivity index (χ3v) is 5.30. The number of ether oxygens (including phenoxy) is 1. The molecule has 6 nitrogen and oxygen atoms in total. The third-order valence-electron chi connectivity index (χ3n) is 3.83. The maximum atomic E-state index is 11.9. The van der Waals surface area contributed by atoms with Crippen LogP contribution in [0, 0.1) is 5.92 Å². The van der Waals surface area contributed by atoms with Crippen LogP contribution in [0.2, 0.25) is 0 Å². The highest BCUT2D eigenvalue weighted by Gasteiger charge is 2.41. The standard InChI is InChI=1S/C14H24N3O3P/c1-9-12(18)10(6-8-21(2,3)4)20-13(9)17-7-5-11(15)16-14(17)19/h5,7,9-10,12-13,18H,2,6,8H2,1,3-4H3,(H2,15,16,19)/t9-,10-,12+,13-/m1/s1. The summed E-state index contributed by atoms with van der Waals surface area (Å²) in [4.78, 5) is 15.6. The number of nitrogen functional groups attached to an aromatic ring is 1. The van der Waals surface area contributed by atoms with Gasteiger partial charge < -0.3 is 15.6 Å². The Morgan fingerprint density at radius 3 is 2.81 bits per heavy atom. The van der Waals surface area contributed by atoms with Crippen molar-refractivity contribution in [1.29, 1.82) is 0 Å². The van der Waals surface area contributed by atoms with Gasteiger partial charge in [-0.25, -0.2) is 4.79 Å². The molecule has 21 heavy (non-hydrogen) atoms.